The maximum absolute atomic E-state index is 10.9. The van der Waals surface area contributed by atoms with Crippen LogP contribution >= 0.6 is 0 Å². The number of nitrogens with zero attached hydrogens (tertiary/aromatic N) is 1. The molecule has 0 aromatic heterocycles. The molecule has 4 heteroatoms. The second-order valence-corrected chi connectivity index (χ2v) is 4.12. The van der Waals surface area contributed by atoms with Crippen LogP contribution in [0.5, 0.6) is 0 Å². The van der Waals surface area contributed by atoms with Crippen molar-refractivity contribution < 1.29 is 14.7 Å². The Labute approximate surface area is 93.5 Å². The van der Waals surface area contributed by atoms with Gasteiger partial charge in [0.25, 0.3) is 0 Å². The fraction of sp³-hybridized carbons (Fsp3) is 0.333. The summed E-state index contributed by atoms with van der Waals surface area (Å²) < 4.78 is 0. The molecule has 0 spiro atoms. The Bertz CT molecular complexity index is 427. The molecule has 0 bridgehead atoms. The lowest BCUT2D eigenvalue weighted by Gasteiger charge is -2.14. The maximum atomic E-state index is 10.9. The topological polar surface area (TPSA) is 58.9 Å². The van der Waals surface area contributed by atoms with Crippen LogP contribution in [0.4, 0.5) is 0 Å². The summed E-state index contributed by atoms with van der Waals surface area (Å²) >= 11 is 0. The number of rotatable bonds is 3. The third-order valence-corrected chi connectivity index (χ3v) is 2.62. The summed E-state index contributed by atoms with van der Waals surface area (Å²) in [6, 6.07) is 9.81. The van der Waals surface area contributed by atoms with E-state index in [-0.39, 0.29) is 0 Å². The number of hydrogen-bond acceptors (Lipinski definition) is 3. The highest BCUT2D eigenvalue weighted by Gasteiger charge is 2.41. The van der Waals surface area contributed by atoms with Gasteiger partial charge in [0.15, 0.2) is 0 Å². The number of benzene rings is 1. The van der Waals surface area contributed by atoms with Crippen LogP contribution in [0.25, 0.3) is 0 Å². The first-order valence-electron chi connectivity index (χ1n) is 5.11. The van der Waals surface area contributed by atoms with Crippen LogP contribution in [0.2, 0.25) is 0 Å². The molecule has 1 aliphatic heterocycles. The molecule has 1 aromatic rings. The van der Waals surface area contributed by atoms with E-state index in [9.17, 15) is 4.79 Å². The van der Waals surface area contributed by atoms with Crippen molar-refractivity contribution in [3.05, 3.63) is 35.9 Å². The zero-order chi connectivity index (χ0) is 11.6. The van der Waals surface area contributed by atoms with Crippen LogP contribution in [0.1, 0.15) is 18.9 Å². The molecule has 1 atom stereocenters. The molecule has 0 saturated heterocycles. The fourth-order valence-electron chi connectivity index (χ4n) is 1.66. The van der Waals surface area contributed by atoms with E-state index in [0.717, 1.165) is 11.3 Å². The Morgan fingerprint density at radius 3 is 2.75 bits per heavy atom. The second kappa shape index (κ2) is 3.96. The van der Waals surface area contributed by atoms with Crippen LogP contribution in [-0.4, -0.2) is 22.4 Å². The zero-order valence-electron chi connectivity index (χ0n) is 9.01. The Kier molecular flexibility index (Phi) is 2.64. The Hall–Kier alpha value is -1.84. The molecule has 4 nitrogen and oxygen atoms in total. The summed E-state index contributed by atoms with van der Waals surface area (Å²) in [4.78, 5) is 15.9. The zero-order valence-corrected chi connectivity index (χ0v) is 9.01. The molecule has 84 valence electrons. The lowest BCUT2D eigenvalue weighted by molar-refractivity contribution is -0.160. The Balaban J connectivity index is 2.03. The quantitative estimate of drug-likeness (QED) is 0.843. The Morgan fingerprint density at radius 2 is 2.19 bits per heavy atom. The molecule has 1 aromatic carbocycles. The molecule has 2 rings (SSSR count). The van der Waals surface area contributed by atoms with Gasteiger partial charge in [-0.1, -0.05) is 35.5 Å². The average Bonchev–Trinajstić information content (AvgIpc) is 2.63. The van der Waals surface area contributed by atoms with Crippen molar-refractivity contribution in [2.45, 2.75) is 25.4 Å². The number of carbonyl (C=O) groups is 1. The van der Waals surface area contributed by atoms with E-state index in [1.54, 1.807) is 0 Å². The summed E-state index contributed by atoms with van der Waals surface area (Å²) in [7, 11) is 0. The van der Waals surface area contributed by atoms with Gasteiger partial charge in [0.1, 0.15) is 0 Å². The highest BCUT2D eigenvalue weighted by Crippen LogP contribution is 2.25. The molecule has 0 unspecified atom stereocenters. The van der Waals surface area contributed by atoms with Gasteiger partial charge in [-0.3, -0.25) is 0 Å². The van der Waals surface area contributed by atoms with Crippen LogP contribution in [-0.2, 0) is 16.1 Å². The molecular weight excluding hydrogens is 206 g/mol. The van der Waals surface area contributed by atoms with Gasteiger partial charge in [-0.25, -0.2) is 4.79 Å². The monoisotopic (exact) mass is 219 g/mol. The van der Waals surface area contributed by atoms with Gasteiger partial charge in [0, 0.05) is 12.8 Å². The van der Waals surface area contributed by atoms with E-state index in [2.05, 4.69) is 5.16 Å². The van der Waals surface area contributed by atoms with E-state index in [1.807, 2.05) is 30.3 Å². The number of aliphatic carboxylic acids is 1. The third kappa shape index (κ3) is 2.05. The molecule has 1 N–H and O–H groups in total. The minimum atomic E-state index is -1.19. The van der Waals surface area contributed by atoms with Gasteiger partial charge in [0.05, 0.1) is 5.71 Å². The van der Waals surface area contributed by atoms with Gasteiger partial charge >= 0.3 is 5.97 Å². The first kappa shape index (κ1) is 10.7. The molecular formula is C12H13NO3. The number of hydrogen-bond donors (Lipinski definition) is 1. The van der Waals surface area contributed by atoms with Gasteiger partial charge in [-0.2, -0.15) is 0 Å². The predicted molar refractivity (Wildman–Crippen MR) is 59.3 cm³/mol. The molecule has 16 heavy (non-hydrogen) atoms. The van der Waals surface area contributed by atoms with Crippen molar-refractivity contribution in [3.8, 4) is 0 Å². The minimum absolute atomic E-state index is 0.344. The summed E-state index contributed by atoms with van der Waals surface area (Å²) in [6.45, 7) is 1.54. The third-order valence-electron chi connectivity index (χ3n) is 2.62. The SMILES string of the molecule is C[C@]1(C(=O)O)CC(Cc2ccccc2)=NO1. The number of carboxylic acids is 1. The lowest BCUT2D eigenvalue weighted by atomic mass is 9.96. The summed E-state index contributed by atoms with van der Waals surface area (Å²) in [5, 5.41) is 12.8. The highest BCUT2D eigenvalue weighted by atomic mass is 16.7. The molecule has 0 amide bonds. The fourth-order valence-corrected chi connectivity index (χ4v) is 1.66. The standard InChI is InChI=1S/C12H13NO3/c1-12(11(14)15)8-10(13-16-12)7-9-5-3-2-4-6-9/h2-6H,7-8H2,1H3,(H,14,15)/t12-/m1/s1. The highest BCUT2D eigenvalue weighted by molar-refractivity contribution is 5.93. The number of carboxylic acid groups (broad SMARTS) is 1. The van der Waals surface area contributed by atoms with Crippen molar-refractivity contribution in [3.63, 3.8) is 0 Å². The van der Waals surface area contributed by atoms with Crippen LogP contribution in [0, 0.1) is 0 Å². The molecule has 1 aliphatic rings. The predicted octanol–water partition coefficient (Wildman–Crippen LogP) is 1.85. The van der Waals surface area contributed by atoms with Crippen molar-refractivity contribution in [2.75, 3.05) is 0 Å². The van der Waals surface area contributed by atoms with Gasteiger partial charge in [-0.05, 0) is 12.5 Å². The number of oxime groups is 1. The molecule has 1 heterocycles. The van der Waals surface area contributed by atoms with E-state index >= 15 is 0 Å². The van der Waals surface area contributed by atoms with E-state index in [0.29, 0.717) is 12.8 Å². The van der Waals surface area contributed by atoms with E-state index < -0.39 is 11.6 Å². The van der Waals surface area contributed by atoms with Gasteiger partial charge < -0.3 is 9.94 Å². The van der Waals surface area contributed by atoms with Gasteiger partial charge in [0.2, 0.25) is 5.60 Å². The van der Waals surface area contributed by atoms with Crippen LogP contribution in [0.15, 0.2) is 35.5 Å². The first-order valence-corrected chi connectivity index (χ1v) is 5.11. The average molecular weight is 219 g/mol. The van der Waals surface area contributed by atoms with Crippen molar-refractivity contribution in [1.29, 1.82) is 0 Å². The molecule has 0 radical (unpaired) electrons. The second-order valence-electron chi connectivity index (χ2n) is 4.12. The smallest absolute Gasteiger partial charge is 0.351 e. The maximum Gasteiger partial charge on any atom is 0.351 e. The van der Waals surface area contributed by atoms with Crippen LogP contribution in [0.3, 0.4) is 0 Å². The normalized spacial score (nSPS) is 23.7. The van der Waals surface area contributed by atoms with E-state index in [4.69, 9.17) is 9.94 Å². The molecule has 0 fully saturated rings. The Morgan fingerprint density at radius 1 is 1.50 bits per heavy atom. The van der Waals surface area contributed by atoms with E-state index in [1.165, 1.54) is 6.92 Å². The summed E-state index contributed by atoms with van der Waals surface area (Å²) in [5.74, 6) is -0.973. The lowest BCUT2D eigenvalue weighted by Crippen LogP contribution is -2.35. The summed E-state index contributed by atoms with van der Waals surface area (Å²) in [6.07, 6.45) is 0.987. The molecule has 0 saturated carbocycles. The first-order chi connectivity index (χ1) is 7.60. The van der Waals surface area contributed by atoms with Crippen molar-refractivity contribution in [1.82, 2.24) is 0 Å². The minimum Gasteiger partial charge on any atom is -0.478 e. The van der Waals surface area contributed by atoms with Crippen molar-refractivity contribution in [2.24, 2.45) is 5.16 Å². The largest absolute Gasteiger partial charge is 0.478 e. The summed E-state index contributed by atoms with van der Waals surface area (Å²) in [5.41, 5.74) is 0.694. The van der Waals surface area contributed by atoms with Gasteiger partial charge in [-0.15, -0.1) is 0 Å². The van der Waals surface area contributed by atoms with Crippen LogP contribution < -0.4 is 0 Å². The molecule has 0 aliphatic carbocycles. The van der Waals surface area contributed by atoms with Crippen molar-refractivity contribution >= 4 is 11.7 Å².